The van der Waals surface area contributed by atoms with Crippen LogP contribution in [0.2, 0.25) is 0 Å². The van der Waals surface area contributed by atoms with Gasteiger partial charge in [-0.1, -0.05) is 12.1 Å². The number of hydrogen-bond acceptors (Lipinski definition) is 6. The number of primary sulfonamides is 1. The Balaban J connectivity index is 1.91. The Labute approximate surface area is 148 Å². The van der Waals surface area contributed by atoms with Gasteiger partial charge in [0.15, 0.2) is 5.17 Å². The molecule has 2 aromatic carbocycles. The van der Waals surface area contributed by atoms with Crippen LogP contribution in [0.4, 0.5) is 5.69 Å². The van der Waals surface area contributed by atoms with Crippen molar-refractivity contribution in [3.8, 4) is 5.75 Å². The second-order valence-electron chi connectivity index (χ2n) is 5.19. The van der Waals surface area contributed by atoms with Gasteiger partial charge in [0, 0.05) is 0 Å². The molecule has 2 aromatic rings. The van der Waals surface area contributed by atoms with Gasteiger partial charge in [0.2, 0.25) is 10.0 Å². The topological polar surface area (TPSA) is 125 Å². The monoisotopic (exact) mass is 375 g/mol. The summed E-state index contributed by atoms with van der Waals surface area (Å²) in [5, 5.41) is 22.6. The van der Waals surface area contributed by atoms with Crippen LogP contribution < -0.4 is 10.0 Å². The van der Waals surface area contributed by atoms with Crippen LogP contribution in [0.25, 0.3) is 6.08 Å². The van der Waals surface area contributed by atoms with Gasteiger partial charge < -0.3 is 5.11 Å². The van der Waals surface area contributed by atoms with Crippen LogP contribution in [0.5, 0.6) is 5.75 Å². The lowest BCUT2D eigenvalue weighted by molar-refractivity contribution is -0.113. The zero-order valence-corrected chi connectivity index (χ0v) is 14.3. The summed E-state index contributed by atoms with van der Waals surface area (Å²) in [7, 11) is -3.82. The molecule has 3 rings (SSSR count). The van der Waals surface area contributed by atoms with Crippen LogP contribution >= 0.6 is 11.8 Å². The molecule has 1 saturated heterocycles. The standard InChI is InChI=1S/C16H13N3O4S2/c17-16-19(11-4-6-13(7-5-11)25(18,22)23)15(21)14(24-16)9-10-2-1-3-12(20)8-10/h1-9,17,20H,(H2,18,22,23)/b14-9-,17-16?. The van der Waals surface area contributed by atoms with E-state index in [1.54, 1.807) is 18.2 Å². The van der Waals surface area contributed by atoms with E-state index in [0.717, 1.165) is 11.8 Å². The van der Waals surface area contributed by atoms with E-state index in [0.29, 0.717) is 16.2 Å². The molecule has 0 saturated carbocycles. The first-order valence-electron chi connectivity index (χ1n) is 7.00. The van der Waals surface area contributed by atoms with Crippen molar-refractivity contribution in [3.63, 3.8) is 0 Å². The number of nitrogens with one attached hydrogen (secondary N) is 1. The Morgan fingerprint density at radius 2 is 1.84 bits per heavy atom. The van der Waals surface area contributed by atoms with Crippen molar-refractivity contribution in [2.45, 2.75) is 4.90 Å². The van der Waals surface area contributed by atoms with Gasteiger partial charge in [-0.05, 0) is 59.8 Å². The first kappa shape index (κ1) is 17.2. The third kappa shape index (κ3) is 3.58. The number of nitrogens with two attached hydrogens (primary N) is 1. The lowest BCUT2D eigenvalue weighted by atomic mass is 10.2. The van der Waals surface area contributed by atoms with E-state index >= 15 is 0 Å². The van der Waals surface area contributed by atoms with Crippen molar-refractivity contribution >= 4 is 44.6 Å². The van der Waals surface area contributed by atoms with E-state index in [2.05, 4.69) is 0 Å². The second kappa shape index (κ2) is 6.36. The number of hydrogen-bond donors (Lipinski definition) is 3. The molecule has 1 aliphatic heterocycles. The highest BCUT2D eigenvalue weighted by atomic mass is 32.2. The smallest absolute Gasteiger partial charge is 0.271 e. The SMILES string of the molecule is N=C1S/C(=C\c2cccc(O)c2)C(=O)N1c1ccc(S(N)(=O)=O)cc1. The fourth-order valence-corrected chi connectivity index (χ4v) is 3.65. The van der Waals surface area contributed by atoms with E-state index < -0.39 is 15.9 Å². The summed E-state index contributed by atoms with van der Waals surface area (Å²) in [5.74, 6) is -0.322. The number of amidine groups is 1. The second-order valence-corrected chi connectivity index (χ2v) is 7.78. The minimum atomic E-state index is -3.82. The summed E-state index contributed by atoms with van der Waals surface area (Å²) < 4.78 is 22.6. The quantitative estimate of drug-likeness (QED) is 0.709. The van der Waals surface area contributed by atoms with Gasteiger partial charge >= 0.3 is 0 Å². The summed E-state index contributed by atoms with van der Waals surface area (Å²) >= 11 is 0.983. The largest absolute Gasteiger partial charge is 0.508 e. The Bertz CT molecular complexity index is 998. The van der Waals surface area contributed by atoms with Crippen LogP contribution in [0, 0.1) is 5.41 Å². The molecule has 25 heavy (non-hydrogen) atoms. The fraction of sp³-hybridized carbons (Fsp3) is 0. The van der Waals surface area contributed by atoms with Gasteiger partial charge in [0.05, 0.1) is 15.5 Å². The number of anilines is 1. The van der Waals surface area contributed by atoms with Gasteiger partial charge in [0.25, 0.3) is 5.91 Å². The molecule has 0 bridgehead atoms. The predicted octanol–water partition coefficient (Wildman–Crippen LogP) is 2.10. The maximum absolute atomic E-state index is 12.6. The lowest BCUT2D eigenvalue weighted by Crippen LogP contribution is -2.28. The van der Waals surface area contributed by atoms with Crippen molar-refractivity contribution in [3.05, 3.63) is 59.0 Å². The van der Waals surface area contributed by atoms with Crippen molar-refractivity contribution in [2.24, 2.45) is 5.14 Å². The van der Waals surface area contributed by atoms with E-state index in [1.165, 1.54) is 41.3 Å². The van der Waals surface area contributed by atoms with Crippen LogP contribution in [0.1, 0.15) is 5.56 Å². The minimum Gasteiger partial charge on any atom is -0.508 e. The lowest BCUT2D eigenvalue weighted by Gasteiger charge is -2.14. The Kier molecular flexibility index (Phi) is 4.38. The van der Waals surface area contributed by atoms with E-state index in [-0.39, 0.29) is 15.8 Å². The fourth-order valence-electron chi connectivity index (χ4n) is 2.27. The third-order valence-corrected chi connectivity index (χ3v) is 5.23. The molecule has 128 valence electrons. The molecule has 4 N–H and O–H groups in total. The average Bonchev–Trinajstić information content (AvgIpc) is 2.81. The molecule has 9 heteroatoms. The number of thioether (sulfide) groups is 1. The van der Waals surface area contributed by atoms with Crippen LogP contribution in [0.15, 0.2) is 58.3 Å². The van der Waals surface area contributed by atoms with E-state index in [9.17, 15) is 18.3 Å². The first-order chi connectivity index (χ1) is 11.8. The molecule has 0 unspecified atom stereocenters. The van der Waals surface area contributed by atoms with Crippen molar-refractivity contribution < 1.29 is 18.3 Å². The molecule has 0 aromatic heterocycles. The molecule has 0 spiro atoms. The summed E-state index contributed by atoms with van der Waals surface area (Å²) in [6.07, 6.45) is 1.58. The number of carbonyl (C=O) groups excluding carboxylic acids is 1. The molecule has 0 atom stereocenters. The molecular formula is C16H13N3O4S2. The molecule has 1 amide bonds. The average molecular weight is 375 g/mol. The van der Waals surface area contributed by atoms with Crippen molar-refractivity contribution in [1.29, 1.82) is 5.41 Å². The summed E-state index contributed by atoms with van der Waals surface area (Å²) in [6.45, 7) is 0. The van der Waals surface area contributed by atoms with E-state index in [4.69, 9.17) is 10.5 Å². The normalized spacial score (nSPS) is 16.7. The summed E-state index contributed by atoms with van der Waals surface area (Å²) in [5.41, 5.74) is 1.00. The molecule has 1 aliphatic rings. The molecule has 7 nitrogen and oxygen atoms in total. The van der Waals surface area contributed by atoms with E-state index in [1.807, 2.05) is 0 Å². The number of sulfonamides is 1. The first-order valence-corrected chi connectivity index (χ1v) is 9.36. The zero-order chi connectivity index (χ0) is 18.2. The Hall–Kier alpha value is -2.62. The minimum absolute atomic E-state index is 0.000223. The zero-order valence-electron chi connectivity index (χ0n) is 12.7. The van der Waals surface area contributed by atoms with Crippen molar-refractivity contribution in [1.82, 2.24) is 0 Å². The number of nitrogens with zero attached hydrogens (tertiary/aromatic N) is 1. The highest BCUT2D eigenvalue weighted by Gasteiger charge is 2.33. The van der Waals surface area contributed by atoms with Crippen LogP contribution in [-0.2, 0) is 14.8 Å². The number of rotatable bonds is 3. The number of aromatic hydroxyl groups is 1. The number of amides is 1. The number of phenolic OH excluding ortho intramolecular Hbond substituents is 1. The maximum Gasteiger partial charge on any atom is 0.271 e. The Morgan fingerprint density at radius 3 is 2.44 bits per heavy atom. The molecule has 0 aliphatic carbocycles. The highest BCUT2D eigenvalue weighted by molar-refractivity contribution is 8.19. The molecular weight excluding hydrogens is 362 g/mol. The molecule has 1 fully saturated rings. The highest BCUT2D eigenvalue weighted by Crippen LogP contribution is 2.35. The number of carbonyl (C=O) groups is 1. The summed E-state index contributed by atoms with van der Waals surface area (Å²) in [6, 6.07) is 11.8. The van der Waals surface area contributed by atoms with Gasteiger partial charge in [-0.3, -0.25) is 15.1 Å². The third-order valence-electron chi connectivity index (χ3n) is 3.42. The van der Waals surface area contributed by atoms with Gasteiger partial charge in [-0.15, -0.1) is 0 Å². The maximum atomic E-state index is 12.6. The van der Waals surface area contributed by atoms with Crippen LogP contribution in [0.3, 0.4) is 0 Å². The number of benzene rings is 2. The van der Waals surface area contributed by atoms with Gasteiger partial charge in [0.1, 0.15) is 5.75 Å². The predicted molar refractivity (Wildman–Crippen MR) is 96.7 cm³/mol. The number of phenols is 1. The van der Waals surface area contributed by atoms with Gasteiger partial charge in [-0.25, -0.2) is 13.6 Å². The Morgan fingerprint density at radius 1 is 1.16 bits per heavy atom. The van der Waals surface area contributed by atoms with Crippen LogP contribution in [-0.4, -0.2) is 24.6 Å². The van der Waals surface area contributed by atoms with Gasteiger partial charge in [-0.2, -0.15) is 0 Å². The van der Waals surface area contributed by atoms with Crippen molar-refractivity contribution in [2.75, 3.05) is 4.90 Å². The molecule has 1 heterocycles. The summed E-state index contributed by atoms with van der Waals surface area (Å²) in [4.78, 5) is 14.0. The molecule has 0 radical (unpaired) electrons.